The second kappa shape index (κ2) is 8.44. The highest BCUT2D eigenvalue weighted by molar-refractivity contribution is 4.54. The van der Waals surface area contributed by atoms with Crippen molar-refractivity contribution < 1.29 is 10.2 Å². The van der Waals surface area contributed by atoms with Crippen molar-refractivity contribution in [3.05, 3.63) is 0 Å². The van der Waals surface area contributed by atoms with Crippen molar-refractivity contribution >= 4 is 0 Å². The molecule has 0 aliphatic heterocycles. The van der Waals surface area contributed by atoms with Crippen molar-refractivity contribution in [1.29, 1.82) is 0 Å². The molecule has 0 radical (unpaired) electrons. The summed E-state index contributed by atoms with van der Waals surface area (Å²) in [6, 6.07) is 0. The van der Waals surface area contributed by atoms with Crippen LogP contribution in [0.15, 0.2) is 0 Å². The van der Waals surface area contributed by atoms with Gasteiger partial charge in [-0.15, -0.1) is 0 Å². The van der Waals surface area contributed by atoms with Gasteiger partial charge < -0.3 is 20.0 Å². The molecule has 0 bridgehead atoms. The van der Waals surface area contributed by atoms with Crippen LogP contribution in [0.5, 0.6) is 0 Å². The van der Waals surface area contributed by atoms with Gasteiger partial charge in [0.05, 0.1) is 13.2 Å². The Morgan fingerprint density at radius 1 is 0.769 bits per heavy atom. The first-order valence-electron chi connectivity index (χ1n) is 4.79. The maximum absolute atomic E-state index is 8.64. The third kappa shape index (κ3) is 8.18. The number of rotatable bonds is 8. The van der Waals surface area contributed by atoms with E-state index in [0.29, 0.717) is 0 Å². The molecular weight excluding hydrogens is 168 g/mol. The van der Waals surface area contributed by atoms with Gasteiger partial charge in [0.15, 0.2) is 0 Å². The van der Waals surface area contributed by atoms with Crippen molar-refractivity contribution in [2.24, 2.45) is 0 Å². The first kappa shape index (κ1) is 12.8. The summed E-state index contributed by atoms with van der Waals surface area (Å²) in [5.41, 5.74) is 0. The zero-order valence-corrected chi connectivity index (χ0v) is 8.74. The molecule has 0 aliphatic rings. The van der Waals surface area contributed by atoms with Crippen LogP contribution >= 0.6 is 0 Å². The van der Waals surface area contributed by atoms with E-state index in [4.69, 9.17) is 10.2 Å². The average Bonchev–Trinajstić information content (AvgIpc) is 2.05. The topological polar surface area (TPSA) is 46.9 Å². The molecule has 0 aliphatic carbocycles. The molecule has 13 heavy (non-hydrogen) atoms. The van der Waals surface area contributed by atoms with E-state index in [-0.39, 0.29) is 13.2 Å². The number of aliphatic hydroxyl groups is 2. The van der Waals surface area contributed by atoms with Crippen molar-refractivity contribution in [3.63, 3.8) is 0 Å². The summed E-state index contributed by atoms with van der Waals surface area (Å²) in [6.45, 7) is 3.92. The molecule has 0 rings (SSSR count). The van der Waals surface area contributed by atoms with Crippen LogP contribution in [-0.4, -0.2) is 73.5 Å². The van der Waals surface area contributed by atoms with Crippen LogP contribution in [0.3, 0.4) is 0 Å². The molecule has 0 aromatic carbocycles. The third-order valence-electron chi connectivity index (χ3n) is 2.04. The lowest BCUT2D eigenvalue weighted by molar-refractivity contribution is 0.198. The molecule has 0 amide bonds. The van der Waals surface area contributed by atoms with Crippen molar-refractivity contribution in [2.75, 3.05) is 53.5 Å². The van der Waals surface area contributed by atoms with Gasteiger partial charge in [0.1, 0.15) is 0 Å². The minimum atomic E-state index is 0.225. The van der Waals surface area contributed by atoms with Gasteiger partial charge in [-0.25, -0.2) is 0 Å². The standard InChI is InChI=1S/C9H22N2O2/c1-10(6-8-12)4-3-5-11(2)7-9-13/h12-13H,3-9H2,1-2H3. The quantitative estimate of drug-likeness (QED) is 0.527. The summed E-state index contributed by atoms with van der Waals surface area (Å²) >= 11 is 0. The molecule has 0 aromatic heterocycles. The molecule has 0 atom stereocenters. The molecule has 4 nitrogen and oxygen atoms in total. The molecule has 0 fully saturated rings. The van der Waals surface area contributed by atoms with E-state index in [1.54, 1.807) is 0 Å². The molecule has 80 valence electrons. The normalized spacial score (nSPS) is 11.5. The van der Waals surface area contributed by atoms with Gasteiger partial charge in [0.25, 0.3) is 0 Å². The molecule has 0 heterocycles. The fourth-order valence-electron chi connectivity index (χ4n) is 1.18. The Bertz CT molecular complexity index is 99.8. The lowest BCUT2D eigenvalue weighted by atomic mass is 10.3. The van der Waals surface area contributed by atoms with Gasteiger partial charge in [-0.05, 0) is 33.6 Å². The summed E-state index contributed by atoms with van der Waals surface area (Å²) in [5, 5.41) is 17.3. The minimum Gasteiger partial charge on any atom is -0.395 e. The lowest BCUT2D eigenvalue weighted by Gasteiger charge is -2.18. The van der Waals surface area contributed by atoms with Crippen molar-refractivity contribution in [3.8, 4) is 0 Å². The summed E-state index contributed by atoms with van der Waals surface area (Å²) in [5.74, 6) is 0. The molecule has 2 N–H and O–H groups in total. The monoisotopic (exact) mass is 190 g/mol. The second-order valence-corrected chi connectivity index (χ2v) is 3.41. The van der Waals surface area contributed by atoms with Gasteiger partial charge in [0, 0.05) is 13.1 Å². The van der Waals surface area contributed by atoms with Crippen LogP contribution in [0.2, 0.25) is 0 Å². The molecule has 4 heteroatoms. The number of hydrogen-bond acceptors (Lipinski definition) is 4. The Hall–Kier alpha value is -0.160. The van der Waals surface area contributed by atoms with Crippen LogP contribution in [0.1, 0.15) is 6.42 Å². The fourth-order valence-corrected chi connectivity index (χ4v) is 1.18. The van der Waals surface area contributed by atoms with Crippen LogP contribution < -0.4 is 0 Å². The van der Waals surface area contributed by atoms with Crippen LogP contribution in [0, 0.1) is 0 Å². The predicted molar refractivity (Wildman–Crippen MR) is 53.8 cm³/mol. The second-order valence-electron chi connectivity index (χ2n) is 3.41. The van der Waals surface area contributed by atoms with Gasteiger partial charge in [-0.2, -0.15) is 0 Å². The molecular formula is C9H22N2O2. The fraction of sp³-hybridized carbons (Fsp3) is 1.00. The Balaban J connectivity index is 3.23. The highest BCUT2D eigenvalue weighted by Gasteiger charge is 1.99. The van der Waals surface area contributed by atoms with Crippen LogP contribution in [0.25, 0.3) is 0 Å². The summed E-state index contributed by atoms with van der Waals surface area (Å²) < 4.78 is 0. The zero-order valence-electron chi connectivity index (χ0n) is 8.74. The Labute approximate surface area is 80.8 Å². The number of likely N-dealkylation sites (N-methyl/N-ethyl adjacent to an activating group) is 2. The van der Waals surface area contributed by atoms with Crippen LogP contribution in [-0.2, 0) is 0 Å². The number of nitrogens with zero attached hydrogens (tertiary/aromatic N) is 2. The third-order valence-corrected chi connectivity index (χ3v) is 2.04. The molecule has 0 spiro atoms. The summed E-state index contributed by atoms with van der Waals surface area (Å²) in [7, 11) is 4.00. The van der Waals surface area contributed by atoms with Gasteiger partial charge in [-0.1, -0.05) is 0 Å². The van der Waals surface area contributed by atoms with E-state index in [2.05, 4.69) is 9.80 Å². The maximum atomic E-state index is 8.64. The van der Waals surface area contributed by atoms with E-state index in [9.17, 15) is 0 Å². The van der Waals surface area contributed by atoms with E-state index >= 15 is 0 Å². The molecule has 0 unspecified atom stereocenters. The Kier molecular flexibility index (Phi) is 8.33. The van der Waals surface area contributed by atoms with E-state index < -0.39 is 0 Å². The van der Waals surface area contributed by atoms with Gasteiger partial charge in [0.2, 0.25) is 0 Å². The summed E-state index contributed by atoms with van der Waals surface area (Å²) in [4.78, 5) is 4.21. The highest BCUT2D eigenvalue weighted by atomic mass is 16.3. The zero-order chi connectivity index (χ0) is 10.1. The predicted octanol–water partition coefficient (Wildman–Crippen LogP) is -0.775. The minimum absolute atomic E-state index is 0.225. The SMILES string of the molecule is CN(CCO)CCCN(C)CCO. The van der Waals surface area contributed by atoms with Crippen molar-refractivity contribution in [1.82, 2.24) is 9.80 Å². The van der Waals surface area contributed by atoms with E-state index in [1.807, 2.05) is 14.1 Å². The van der Waals surface area contributed by atoms with E-state index in [1.165, 1.54) is 0 Å². The van der Waals surface area contributed by atoms with Gasteiger partial charge in [-0.3, -0.25) is 0 Å². The first-order chi connectivity index (χ1) is 6.20. The number of hydrogen-bond donors (Lipinski definition) is 2. The smallest absolute Gasteiger partial charge is 0.0558 e. The Morgan fingerprint density at radius 2 is 1.15 bits per heavy atom. The molecule has 0 saturated heterocycles. The van der Waals surface area contributed by atoms with E-state index in [0.717, 1.165) is 32.6 Å². The largest absolute Gasteiger partial charge is 0.395 e. The Morgan fingerprint density at radius 3 is 1.46 bits per heavy atom. The van der Waals surface area contributed by atoms with Crippen molar-refractivity contribution in [2.45, 2.75) is 6.42 Å². The maximum Gasteiger partial charge on any atom is 0.0558 e. The highest BCUT2D eigenvalue weighted by Crippen LogP contribution is 1.90. The molecule has 0 saturated carbocycles. The number of aliphatic hydroxyl groups excluding tert-OH is 2. The first-order valence-corrected chi connectivity index (χ1v) is 4.79. The lowest BCUT2D eigenvalue weighted by Crippen LogP contribution is -2.28. The van der Waals surface area contributed by atoms with Gasteiger partial charge >= 0.3 is 0 Å². The molecule has 0 aromatic rings. The van der Waals surface area contributed by atoms with Crippen LogP contribution in [0.4, 0.5) is 0 Å². The summed E-state index contributed by atoms with van der Waals surface area (Å²) in [6.07, 6.45) is 1.08. The average molecular weight is 190 g/mol.